The van der Waals surface area contributed by atoms with E-state index in [-0.39, 0.29) is 6.04 Å². The summed E-state index contributed by atoms with van der Waals surface area (Å²) in [7, 11) is 0. The number of ether oxygens (including phenoxy) is 2. The summed E-state index contributed by atoms with van der Waals surface area (Å²) < 4.78 is 10.7. The van der Waals surface area contributed by atoms with Crippen molar-refractivity contribution in [1.82, 2.24) is 5.32 Å². The number of nitrogens with one attached hydrogen (secondary N) is 1. The Hall–Kier alpha value is -1.07. The second kappa shape index (κ2) is 4.66. The first-order valence-corrected chi connectivity index (χ1v) is 6.47. The van der Waals surface area contributed by atoms with Gasteiger partial charge in [-0.05, 0) is 37.8 Å². The maximum Gasteiger partial charge on any atom is 0.408 e. The van der Waals surface area contributed by atoms with Crippen molar-refractivity contribution in [2.24, 2.45) is 0 Å². The van der Waals surface area contributed by atoms with Crippen molar-refractivity contribution in [3.05, 3.63) is 21.9 Å². The van der Waals surface area contributed by atoms with Crippen LogP contribution in [0.1, 0.15) is 37.3 Å². The lowest BCUT2D eigenvalue weighted by atomic mass is 10.1. The molecular formula is C12H17NO3S. The van der Waals surface area contributed by atoms with E-state index >= 15 is 0 Å². The number of alkyl carbamates (subject to hydrolysis) is 1. The molecule has 0 aromatic carbocycles. The zero-order valence-electron chi connectivity index (χ0n) is 10.3. The minimum atomic E-state index is -0.475. The lowest BCUT2D eigenvalue weighted by Gasteiger charge is -2.26. The number of fused-ring (bicyclic) bond motifs is 1. The quantitative estimate of drug-likeness (QED) is 0.839. The van der Waals surface area contributed by atoms with Crippen LogP contribution in [-0.2, 0) is 16.1 Å². The molecule has 1 aromatic heterocycles. The van der Waals surface area contributed by atoms with Crippen LogP contribution in [-0.4, -0.2) is 18.3 Å². The van der Waals surface area contributed by atoms with Gasteiger partial charge in [-0.1, -0.05) is 0 Å². The van der Waals surface area contributed by atoms with Crippen LogP contribution in [0.5, 0.6) is 0 Å². The topological polar surface area (TPSA) is 47.6 Å². The molecular weight excluding hydrogens is 238 g/mol. The maximum atomic E-state index is 11.7. The summed E-state index contributed by atoms with van der Waals surface area (Å²) in [6.07, 6.45) is -0.398. The highest BCUT2D eigenvalue weighted by molar-refractivity contribution is 7.10. The van der Waals surface area contributed by atoms with E-state index < -0.39 is 11.7 Å². The van der Waals surface area contributed by atoms with Crippen molar-refractivity contribution in [3.8, 4) is 0 Å². The first kappa shape index (κ1) is 12.4. The Kier molecular flexibility index (Phi) is 3.40. The van der Waals surface area contributed by atoms with E-state index in [0.29, 0.717) is 13.2 Å². The van der Waals surface area contributed by atoms with Crippen molar-refractivity contribution in [2.45, 2.75) is 39.0 Å². The third-order valence-corrected chi connectivity index (χ3v) is 3.27. The maximum absolute atomic E-state index is 11.7. The van der Waals surface area contributed by atoms with Gasteiger partial charge < -0.3 is 14.8 Å². The molecule has 0 saturated heterocycles. The van der Waals surface area contributed by atoms with Gasteiger partial charge in [-0.2, -0.15) is 0 Å². The molecule has 1 N–H and O–H groups in total. The Labute approximate surface area is 105 Å². The molecule has 2 heterocycles. The van der Waals surface area contributed by atoms with Gasteiger partial charge in [0.15, 0.2) is 0 Å². The average molecular weight is 255 g/mol. The monoisotopic (exact) mass is 255 g/mol. The Bertz CT molecular complexity index is 408. The highest BCUT2D eigenvalue weighted by atomic mass is 32.1. The molecule has 0 fully saturated rings. The molecule has 1 amide bonds. The van der Waals surface area contributed by atoms with Crippen molar-refractivity contribution in [1.29, 1.82) is 0 Å². The van der Waals surface area contributed by atoms with Gasteiger partial charge in [0.05, 0.1) is 19.3 Å². The predicted octanol–water partition coefficient (Wildman–Crippen LogP) is 2.84. The summed E-state index contributed by atoms with van der Waals surface area (Å²) in [5.74, 6) is 0. The van der Waals surface area contributed by atoms with E-state index in [1.165, 1.54) is 4.88 Å². The van der Waals surface area contributed by atoms with Crippen LogP contribution >= 0.6 is 11.3 Å². The number of hydrogen-bond acceptors (Lipinski definition) is 4. The van der Waals surface area contributed by atoms with Crippen molar-refractivity contribution >= 4 is 17.4 Å². The third-order valence-electron chi connectivity index (χ3n) is 2.36. The van der Waals surface area contributed by atoms with Gasteiger partial charge in [-0.15, -0.1) is 11.3 Å². The second-order valence-electron chi connectivity index (χ2n) is 5.01. The summed E-state index contributed by atoms with van der Waals surface area (Å²) in [4.78, 5) is 12.9. The summed E-state index contributed by atoms with van der Waals surface area (Å²) in [6.45, 7) is 6.68. The molecule has 0 saturated carbocycles. The molecule has 17 heavy (non-hydrogen) atoms. The molecule has 2 rings (SSSR count). The van der Waals surface area contributed by atoms with Crippen LogP contribution in [0, 0.1) is 0 Å². The molecule has 0 bridgehead atoms. The molecule has 1 unspecified atom stereocenters. The number of hydrogen-bond donors (Lipinski definition) is 1. The molecule has 0 spiro atoms. The summed E-state index contributed by atoms with van der Waals surface area (Å²) in [5, 5.41) is 4.86. The van der Waals surface area contributed by atoms with E-state index in [0.717, 1.165) is 5.56 Å². The number of carbonyl (C=O) groups excluding carboxylic acids is 1. The molecule has 1 atom stereocenters. The summed E-state index contributed by atoms with van der Waals surface area (Å²) in [5.41, 5.74) is 0.670. The fourth-order valence-electron chi connectivity index (χ4n) is 1.71. The Balaban J connectivity index is 2.00. The minimum Gasteiger partial charge on any atom is -0.444 e. The molecule has 4 nitrogen and oxygen atoms in total. The zero-order valence-corrected chi connectivity index (χ0v) is 11.1. The normalized spacial score (nSPS) is 19.6. The third kappa shape index (κ3) is 3.20. The fraction of sp³-hybridized carbons (Fsp3) is 0.583. The van der Waals surface area contributed by atoms with Gasteiger partial charge in [-0.3, -0.25) is 0 Å². The summed E-state index contributed by atoms with van der Waals surface area (Å²) >= 11 is 1.65. The Morgan fingerprint density at radius 2 is 2.35 bits per heavy atom. The first-order valence-electron chi connectivity index (χ1n) is 5.59. The number of amides is 1. The number of rotatable bonds is 1. The van der Waals surface area contributed by atoms with Gasteiger partial charge in [0.1, 0.15) is 5.60 Å². The summed E-state index contributed by atoms with van der Waals surface area (Å²) in [6, 6.07) is 1.93. The Morgan fingerprint density at radius 1 is 1.59 bits per heavy atom. The highest BCUT2D eigenvalue weighted by Gasteiger charge is 2.25. The number of thiophene rings is 1. The standard InChI is InChI=1S/C12H17NO3S/c1-12(2,3)16-11(14)13-9-6-15-7-10-8(9)4-5-17-10/h4-5,9H,6-7H2,1-3H3,(H,13,14). The minimum absolute atomic E-state index is 0.0974. The van der Waals surface area contributed by atoms with E-state index in [1.807, 2.05) is 32.2 Å². The van der Waals surface area contributed by atoms with Crippen LogP contribution in [0.2, 0.25) is 0 Å². The molecule has 1 aliphatic heterocycles. The van der Waals surface area contributed by atoms with Gasteiger partial charge >= 0.3 is 6.09 Å². The van der Waals surface area contributed by atoms with Crippen LogP contribution in [0.4, 0.5) is 4.79 Å². The van der Waals surface area contributed by atoms with Crippen LogP contribution in [0.25, 0.3) is 0 Å². The number of carbonyl (C=O) groups is 1. The van der Waals surface area contributed by atoms with Crippen molar-refractivity contribution in [3.63, 3.8) is 0 Å². The molecule has 1 aromatic rings. The van der Waals surface area contributed by atoms with Crippen LogP contribution in [0.3, 0.4) is 0 Å². The largest absolute Gasteiger partial charge is 0.444 e. The predicted molar refractivity (Wildman–Crippen MR) is 66.1 cm³/mol. The Morgan fingerprint density at radius 3 is 3.06 bits per heavy atom. The van der Waals surface area contributed by atoms with Gasteiger partial charge in [0.25, 0.3) is 0 Å². The average Bonchev–Trinajstić information content (AvgIpc) is 2.63. The molecule has 94 valence electrons. The van der Waals surface area contributed by atoms with Gasteiger partial charge in [-0.25, -0.2) is 4.79 Å². The first-order chi connectivity index (χ1) is 7.96. The molecule has 1 aliphatic rings. The molecule has 5 heteroatoms. The SMILES string of the molecule is CC(C)(C)OC(=O)NC1COCc2sccc21. The van der Waals surface area contributed by atoms with E-state index in [9.17, 15) is 4.79 Å². The van der Waals surface area contributed by atoms with E-state index in [1.54, 1.807) is 11.3 Å². The van der Waals surface area contributed by atoms with E-state index in [4.69, 9.17) is 9.47 Å². The van der Waals surface area contributed by atoms with E-state index in [2.05, 4.69) is 5.32 Å². The van der Waals surface area contributed by atoms with Gasteiger partial charge in [0.2, 0.25) is 0 Å². The molecule has 0 aliphatic carbocycles. The fourth-order valence-corrected chi connectivity index (χ4v) is 2.58. The molecule has 0 radical (unpaired) electrons. The van der Waals surface area contributed by atoms with Gasteiger partial charge in [0, 0.05) is 4.88 Å². The van der Waals surface area contributed by atoms with Crippen molar-refractivity contribution < 1.29 is 14.3 Å². The van der Waals surface area contributed by atoms with Crippen LogP contribution < -0.4 is 5.32 Å². The lowest BCUT2D eigenvalue weighted by Crippen LogP contribution is -2.37. The highest BCUT2D eigenvalue weighted by Crippen LogP contribution is 2.29. The second-order valence-corrected chi connectivity index (χ2v) is 6.01. The zero-order chi connectivity index (χ0) is 12.5. The smallest absolute Gasteiger partial charge is 0.408 e. The van der Waals surface area contributed by atoms with Crippen molar-refractivity contribution in [2.75, 3.05) is 6.61 Å². The lowest BCUT2D eigenvalue weighted by molar-refractivity contribution is 0.0396. The van der Waals surface area contributed by atoms with Crippen LogP contribution in [0.15, 0.2) is 11.4 Å².